The Hall–Kier alpha value is -2.50. The number of nitrogens with two attached hydrogens (primary N) is 1. The molecule has 0 aliphatic rings. The fourth-order valence-corrected chi connectivity index (χ4v) is 1.08. The molecule has 3 N–H and O–H groups in total. The number of para-hydroxylation sites is 2. The highest BCUT2D eigenvalue weighted by atomic mass is 16.6. The van der Waals surface area contributed by atoms with E-state index < -0.39 is 5.97 Å². The van der Waals surface area contributed by atoms with Gasteiger partial charge in [0, 0.05) is 6.07 Å². The summed E-state index contributed by atoms with van der Waals surface area (Å²) in [4.78, 5) is 11.5. The highest BCUT2D eigenvalue weighted by Crippen LogP contribution is 2.25. The Balaban J connectivity index is 2.17. The molecule has 1 aromatic heterocycles. The summed E-state index contributed by atoms with van der Waals surface area (Å²) in [5.41, 5.74) is 5.28. The van der Waals surface area contributed by atoms with Crippen LogP contribution in [0.1, 0.15) is 10.6 Å². The van der Waals surface area contributed by atoms with Gasteiger partial charge in [-0.1, -0.05) is 17.3 Å². The standard InChI is InChI=1S/C10H8N2O4/c11-9-5-8(16-12-9)10(14)15-7-4-2-1-3-6(7)13/h1-5,13H,(H2,11,12). The lowest BCUT2D eigenvalue weighted by Crippen LogP contribution is -2.07. The number of rotatable bonds is 2. The first kappa shape index (κ1) is 10.0. The van der Waals surface area contributed by atoms with Crippen LogP contribution in [0.15, 0.2) is 34.9 Å². The Morgan fingerprint density at radius 1 is 1.44 bits per heavy atom. The number of hydrogen-bond acceptors (Lipinski definition) is 6. The number of hydrogen-bond donors (Lipinski definition) is 2. The Bertz CT molecular complexity index is 521. The lowest BCUT2D eigenvalue weighted by Gasteiger charge is -2.02. The van der Waals surface area contributed by atoms with Crippen molar-refractivity contribution in [2.45, 2.75) is 0 Å². The van der Waals surface area contributed by atoms with Gasteiger partial charge in [0.25, 0.3) is 0 Å². The molecule has 0 bridgehead atoms. The first-order valence-corrected chi connectivity index (χ1v) is 4.39. The third kappa shape index (κ3) is 1.95. The highest BCUT2D eigenvalue weighted by Gasteiger charge is 2.15. The van der Waals surface area contributed by atoms with Gasteiger partial charge in [-0.15, -0.1) is 0 Å². The van der Waals surface area contributed by atoms with Crippen LogP contribution < -0.4 is 10.5 Å². The van der Waals surface area contributed by atoms with Crippen LogP contribution in [0.4, 0.5) is 5.82 Å². The van der Waals surface area contributed by atoms with E-state index in [0.29, 0.717) is 0 Å². The molecule has 0 fully saturated rings. The fourth-order valence-electron chi connectivity index (χ4n) is 1.08. The molecule has 0 unspecified atom stereocenters. The van der Waals surface area contributed by atoms with Crippen molar-refractivity contribution in [1.82, 2.24) is 5.16 Å². The van der Waals surface area contributed by atoms with Gasteiger partial charge >= 0.3 is 5.97 Å². The van der Waals surface area contributed by atoms with Gasteiger partial charge < -0.3 is 20.1 Å². The molecule has 0 aliphatic carbocycles. The Morgan fingerprint density at radius 3 is 2.81 bits per heavy atom. The molecule has 2 aromatic rings. The molecule has 82 valence electrons. The molecular formula is C10H8N2O4. The summed E-state index contributed by atoms with van der Waals surface area (Å²) in [7, 11) is 0. The molecule has 1 heterocycles. The van der Waals surface area contributed by atoms with Crippen LogP contribution in [0.3, 0.4) is 0 Å². The molecule has 1 aromatic carbocycles. The van der Waals surface area contributed by atoms with Crippen LogP contribution in [0.2, 0.25) is 0 Å². The maximum Gasteiger partial charge on any atom is 0.382 e. The maximum absolute atomic E-state index is 11.5. The molecule has 0 saturated heterocycles. The first-order chi connectivity index (χ1) is 7.66. The van der Waals surface area contributed by atoms with Crippen LogP contribution >= 0.6 is 0 Å². The van der Waals surface area contributed by atoms with Gasteiger partial charge in [0.1, 0.15) is 0 Å². The number of aromatic nitrogens is 1. The number of phenols is 1. The van der Waals surface area contributed by atoms with Crippen LogP contribution in [0, 0.1) is 0 Å². The zero-order valence-electron chi connectivity index (χ0n) is 8.08. The molecule has 0 aliphatic heterocycles. The number of carbonyl (C=O) groups excluding carboxylic acids is 1. The number of phenolic OH excluding ortho intramolecular Hbond substituents is 1. The molecule has 16 heavy (non-hydrogen) atoms. The van der Waals surface area contributed by atoms with Crippen LogP contribution in [-0.2, 0) is 0 Å². The summed E-state index contributed by atoms with van der Waals surface area (Å²) in [5.74, 6) is -0.901. The van der Waals surface area contributed by atoms with E-state index in [2.05, 4.69) is 9.68 Å². The number of ether oxygens (including phenoxy) is 1. The van der Waals surface area contributed by atoms with Crippen molar-refractivity contribution in [2.24, 2.45) is 0 Å². The van der Waals surface area contributed by atoms with Crippen molar-refractivity contribution in [1.29, 1.82) is 0 Å². The zero-order chi connectivity index (χ0) is 11.5. The second-order valence-corrected chi connectivity index (χ2v) is 2.97. The minimum absolute atomic E-state index is 0.0440. The summed E-state index contributed by atoms with van der Waals surface area (Å²) >= 11 is 0. The van der Waals surface area contributed by atoms with E-state index in [1.54, 1.807) is 12.1 Å². The number of carbonyl (C=O) groups is 1. The topological polar surface area (TPSA) is 98.6 Å². The van der Waals surface area contributed by atoms with Crippen molar-refractivity contribution >= 4 is 11.8 Å². The number of aromatic hydroxyl groups is 1. The van der Waals surface area contributed by atoms with Gasteiger partial charge in [0.05, 0.1) is 0 Å². The maximum atomic E-state index is 11.5. The van der Waals surface area contributed by atoms with Crippen molar-refractivity contribution in [3.63, 3.8) is 0 Å². The van der Waals surface area contributed by atoms with Crippen molar-refractivity contribution in [3.05, 3.63) is 36.1 Å². The van der Waals surface area contributed by atoms with E-state index >= 15 is 0 Å². The monoisotopic (exact) mass is 220 g/mol. The first-order valence-electron chi connectivity index (χ1n) is 4.39. The molecule has 6 heteroatoms. The average molecular weight is 220 g/mol. The number of anilines is 1. The van der Waals surface area contributed by atoms with E-state index in [9.17, 15) is 9.90 Å². The second-order valence-electron chi connectivity index (χ2n) is 2.97. The van der Waals surface area contributed by atoms with Gasteiger partial charge in [-0.25, -0.2) is 4.79 Å². The fraction of sp³-hybridized carbons (Fsp3) is 0. The molecule has 0 radical (unpaired) electrons. The second kappa shape index (κ2) is 3.93. The summed E-state index contributed by atoms with van der Waals surface area (Å²) in [6.07, 6.45) is 0. The summed E-state index contributed by atoms with van der Waals surface area (Å²) in [6.45, 7) is 0. The Kier molecular flexibility index (Phi) is 2.47. The summed E-state index contributed by atoms with van der Waals surface area (Å²) in [6, 6.07) is 7.32. The van der Waals surface area contributed by atoms with Gasteiger partial charge in [0.2, 0.25) is 5.76 Å². The van der Waals surface area contributed by atoms with Crippen molar-refractivity contribution < 1.29 is 19.2 Å². The van der Waals surface area contributed by atoms with Crippen LogP contribution in [-0.4, -0.2) is 16.2 Å². The predicted molar refractivity (Wildman–Crippen MR) is 54.0 cm³/mol. The van der Waals surface area contributed by atoms with Crippen molar-refractivity contribution in [2.75, 3.05) is 5.73 Å². The molecule has 6 nitrogen and oxygen atoms in total. The third-order valence-electron chi connectivity index (χ3n) is 1.80. The molecular weight excluding hydrogens is 212 g/mol. The quantitative estimate of drug-likeness (QED) is 0.582. The molecule has 0 saturated carbocycles. The molecule has 2 rings (SSSR count). The molecule has 0 amide bonds. The molecule has 0 atom stereocenters. The average Bonchev–Trinajstić information content (AvgIpc) is 2.68. The normalized spacial score (nSPS) is 10.0. The van der Waals surface area contributed by atoms with E-state index in [0.717, 1.165) is 0 Å². The number of benzene rings is 1. The van der Waals surface area contributed by atoms with Gasteiger partial charge in [0.15, 0.2) is 17.3 Å². The Morgan fingerprint density at radius 2 is 2.19 bits per heavy atom. The minimum atomic E-state index is -0.772. The number of nitrogens with zero attached hydrogens (tertiary/aromatic N) is 1. The minimum Gasteiger partial charge on any atom is -0.504 e. The van der Waals surface area contributed by atoms with E-state index in [1.807, 2.05) is 0 Å². The van der Waals surface area contributed by atoms with Gasteiger partial charge in [-0.3, -0.25) is 0 Å². The summed E-state index contributed by atoms with van der Waals surface area (Å²) in [5, 5.41) is 12.7. The van der Waals surface area contributed by atoms with Gasteiger partial charge in [-0.2, -0.15) is 0 Å². The highest BCUT2D eigenvalue weighted by molar-refractivity contribution is 5.89. The van der Waals surface area contributed by atoms with E-state index in [4.69, 9.17) is 10.5 Å². The van der Waals surface area contributed by atoms with Crippen LogP contribution in [0.25, 0.3) is 0 Å². The number of nitrogen functional groups attached to an aromatic ring is 1. The summed E-state index contributed by atoms with van der Waals surface area (Å²) < 4.78 is 9.47. The smallest absolute Gasteiger partial charge is 0.382 e. The zero-order valence-corrected chi connectivity index (χ0v) is 8.08. The SMILES string of the molecule is Nc1cc(C(=O)Oc2ccccc2O)on1. The number of esters is 1. The largest absolute Gasteiger partial charge is 0.504 e. The van der Waals surface area contributed by atoms with Crippen molar-refractivity contribution in [3.8, 4) is 11.5 Å². The third-order valence-corrected chi connectivity index (χ3v) is 1.80. The van der Waals surface area contributed by atoms with Gasteiger partial charge in [-0.05, 0) is 12.1 Å². The lowest BCUT2D eigenvalue weighted by atomic mass is 10.3. The predicted octanol–water partition coefficient (Wildman–Crippen LogP) is 1.18. The van der Waals surface area contributed by atoms with Crippen LogP contribution in [0.5, 0.6) is 11.5 Å². The Labute approximate surface area is 90.2 Å². The molecule has 0 spiro atoms. The van der Waals surface area contributed by atoms with E-state index in [-0.39, 0.29) is 23.1 Å². The van der Waals surface area contributed by atoms with E-state index in [1.165, 1.54) is 18.2 Å². The lowest BCUT2D eigenvalue weighted by molar-refractivity contribution is 0.0686.